The number of nitrogens with one attached hydrogen (secondary N) is 1. The summed E-state index contributed by atoms with van der Waals surface area (Å²) in [5.41, 5.74) is 0. The average molecular weight is 223 g/mol. The maximum Gasteiger partial charge on any atom is 0.0459 e. The maximum absolute atomic E-state index is 9.13. The van der Waals surface area contributed by atoms with E-state index in [1.807, 2.05) is 0 Å². The number of rotatable bonds is 3. The lowest BCUT2D eigenvalue weighted by atomic mass is 9.85. The molecular formula is C14H25NO. The fourth-order valence-electron chi connectivity index (χ4n) is 4.26. The summed E-state index contributed by atoms with van der Waals surface area (Å²) in [7, 11) is 0. The average Bonchev–Trinajstić information content (AvgIpc) is 2.92. The Morgan fingerprint density at radius 3 is 2.31 bits per heavy atom. The van der Waals surface area contributed by atoms with Crippen LogP contribution in [0.15, 0.2) is 0 Å². The van der Waals surface area contributed by atoms with Crippen LogP contribution in [-0.2, 0) is 0 Å². The summed E-state index contributed by atoms with van der Waals surface area (Å²) in [6, 6.07) is 1.60. The summed E-state index contributed by atoms with van der Waals surface area (Å²) in [5, 5.41) is 13.0. The predicted octanol–water partition coefficient (Wildman–Crippen LogP) is 2.32. The Kier molecular flexibility index (Phi) is 3.21. The molecule has 0 aromatic heterocycles. The summed E-state index contributed by atoms with van der Waals surface area (Å²) >= 11 is 0. The van der Waals surface area contributed by atoms with Crippen LogP contribution in [0, 0.1) is 17.8 Å². The molecule has 3 atom stereocenters. The van der Waals surface area contributed by atoms with Gasteiger partial charge in [0, 0.05) is 18.7 Å². The first-order valence-corrected chi connectivity index (χ1v) is 7.22. The molecule has 3 saturated carbocycles. The highest BCUT2D eigenvalue weighted by atomic mass is 16.3. The smallest absolute Gasteiger partial charge is 0.0459 e. The molecule has 0 amide bonds. The quantitative estimate of drug-likeness (QED) is 0.769. The van der Waals surface area contributed by atoms with E-state index in [1.54, 1.807) is 0 Å². The summed E-state index contributed by atoms with van der Waals surface area (Å²) in [5.74, 6) is 2.65. The van der Waals surface area contributed by atoms with Crippen LogP contribution in [0.1, 0.15) is 51.4 Å². The molecule has 2 N–H and O–H groups in total. The zero-order valence-corrected chi connectivity index (χ0v) is 10.2. The minimum absolute atomic E-state index is 0.404. The highest BCUT2D eigenvalue weighted by molar-refractivity contribution is 4.95. The molecule has 16 heavy (non-hydrogen) atoms. The van der Waals surface area contributed by atoms with Crippen molar-refractivity contribution in [3.63, 3.8) is 0 Å². The molecule has 3 unspecified atom stereocenters. The molecule has 3 rings (SSSR count). The molecule has 0 aromatic rings. The Bertz CT molecular complexity index is 235. The number of aliphatic hydroxyl groups excluding tert-OH is 1. The van der Waals surface area contributed by atoms with Gasteiger partial charge in [0.1, 0.15) is 0 Å². The van der Waals surface area contributed by atoms with Crippen molar-refractivity contribution >= 4 is 0 Å². The molecule has 0 radical (unpaired) electrons. The van der Waals surface area contributed by atoms with Gasteiger partial charge in [-0.05, 0) is 62.7 Å². The third-order valence-corrected chi connectivity index (χ3v) is 5.29. The van der Waals surface area contributed by atoms with E-state index < -0.39 is 0 Å². The van der Waals surface area contributed by atoms with Gasteiger partial charge < -0.3 is 10.4 Å². The van der Waals surface area contributed by atoms with Crippen LogP contribution in [0.25, 0.3) is 0 Å². The lowest BCUT2D eigenvalue weighted by Gasteiger charge is -2.33. The van der Waals surface area contributed by atoms with Gasteiger partial charge in [-0.3, -0.25) is 0 Å². The standard InChI is InChI=1S/C14H25NO/c16-9-10-2-5-13(6-3-10)15-14-8-11-1-4-12(14)7-11/h10-16H,1-9H2. The molecule has 3 aliphatic carbocycles. The van der Waals surface area contributed by atoms with E-state index in [4.69, 9.17) is 5.11 Å². The highest BCUT2D eigenvalue weighted by Crippen LogP contribution is 2.45. The number of hydrogen-bond donors (Lipinski definition) is 2. The molecule has 2 nitrogen and oxygen atoms in total. The van der Waals surface area contributed by atoms with Crippen molar-refractivity contribution < 1.29 is 5.11 Å². The normalized spacial score (nSPS) is 47.4. The van der Waals surface area contributed by atoms with Gasteiger partial charge in [0.15, 0.2) is 0 Å². The number of hydrogen-bond acceptors (Lipinski definition) is 2. The lowest BCUT2D eigenvalue weighted by molar-refractivity contribution is 0.167. The number of aliphatic hydroxyl groups is 1. The predicted molar refractivity (Wildman–Crippen MR) is 65.2 cm³/mol. The van der Waals surface area contributed by atoms with Gasteiger partial charge in [-0.2, -0.15) is 0 Å². The van der Waals surface area contributed by atoms with Crippen LogP contribution < -0.4 is 5.32 Å². The highest BCUT2D eigenvalue weighted by Gasteiger charge is 2.40. The van der Waals surface area contributed by atoms with Gasteiger partial charge in [0.2, 0.25) is 0 Å². The van der Waals surface area contributed by atoms with Crippen LogP contribution in [0.4, 0.5) is 0 Å². The first-order valence-electron chi connectivity index (χ1n) is 7.22. The Morgan fingerprint density at radius 1 is 0.938 bits per heavy atom. The third-order valence-electron chi connectivity index (χ3n) is 5.29. The van der Waals surface area contributed by atoms with Crippen molar-refractivity contribution in [2.75, 3.05) is 6.61 Å². The van der Waals surface area contributed by atoms with E-state index in [9.17, 15) is 0 Å². The molecule has 2 bridgehead atoms. The summed E-state index contributed by atoms with van der Waals surface area (Å²) < 4.78 is 0. The van der Waals surface area contributed by atoms with E-state index >= 15 is 0 Å². The first kappa shape index (κ1) is 11.0. The zero-order chi connectivity index (χ0) is 11.0. The zero-order valence-electron chi connectivity index (χ0n) is 10.2. The number of fused-ring (bicyclic) bond motifs is 2. The third kappa shape index (κ3) is 2.14. The molecule has 0 spiro atoms. The second-order valence-corrected chi connectivity index (χ2v) is 6.35. The second kappa shape index (κ2) is 4.66. The summed E-state index contributed by atoms with van der Waals surface area (Å²) in [6.07, 6.45) is 11.0. The van der Waals surface area contributed by atoms with Gasteiger partial charge in [0.25, 0.3) is 0 Å². The van der Waals surface area contributed by atoms with E-state index in [-0.39, 0.29) is 0 Å². The Labute approximate surface area is 98.8 Å². The Morgan fingerprint density at radius 2 is 1.75 bits per heavy atom. The SMILES string of the molecule is OCC1CCC(NC2CC3CCC2C3)CC1. The van der Waals surface area contributed by atoms with E-state index in [0.717, 1.165) is 23.9 Å². The van der Waals surface area contributed by atoms with Crippen molar-refractivity contribution in [2.45, 2.75) is 63.5 Å². The van der Waals surface area contributed by atoms with Crippen LogP contribution in [0.3, 0.4) is 0 Å². The maximum atomic E-state index is 9.13. The molecule has 2 heteroatoms. The van der Waals surface area contributed by atoms with Crippen LogP contribution >= 0.6 is 0 Å². The van der Waals surface area contributed by atoms with E-state index in [2.05, 4.69) is 5.32 Å². The van der Waals surface area contributed by atoms with Gasteiger partial charge in [-0.15, -0.1) is 0 Å². The molecule has 0 heterocycles. The fourth-order valence-corrected chi connectivity index (χ4v) is 4.26. The van der Waals surface area contributed by atoms with Crippen molar-refractivity contribution in [3.8, 4) is 0 Å². The van der Waals surface area contributed by atoms with Gasteiger partial charge in [-0.1, -0.05) is 6.42 Å². The van der Waals surface area contributed by atoms with Gasteiger partial charge in [-0.25, -0.2) is 0 Å². The van der Waals surface area contributed by atoms with Gasteiger partial charge in [0.05, 0.1) is 0 Å². The molecule has 3 fully saturated rings. The first-order chi connectivity index (χ1) is 7.85. The Hall–Kier alpha value is -0.0800. The van der Waals surface area contributed by atoms with Crippen molar-refractivity contribution in [2.24, 2.45) is 17.8 Å². The molecule has 0 aliphatic heterocycles. The van der Waals surface area contributed by atoms with Crippen molar-refractivity contribution in [3.05, 3.63) is 0 Å². The lowest BCUT2D eigenvalue weighted by Crippen LogP contribution is -2.43. The van der Waals surface area contributed by atoms with Crippen LogP contribution in [0.5, 0.6) is 0 Å². The van der Waals surface area contributed by atoms with E-state index in [0.29, 0.717) is 12.5 Å². The minimum Gasteiger partial charge on any atom is -0.396 e. The van der Waals surface area contributed by atoms with E-state index in [1.165, 1.54) is 51.4 Å². The molecular weight excluding hydrogens is 198 g/mol. The molecule has 0 aromatic carbocycles. The Balaban J connectivity index is 1.46. The monoisotopic (exact) mass is 223 g/mol. The summed E-state index contributed by atoms with van der Waals surface area (Å²) in [6.45, 7) is 0.404. The van der Waals surface area contributed by atoms with Gasteiger partial charge >= 0.3 is 0 Å². The van der Waals surface area contributed by atoms with Crippen LogP contribution in [-0.4, -0.2) is 23.8 Å². The fraction of sp³-hybridized carbons (Fsp3) is 1.00. The van der Waals surface area contributed by atoms with Crippen LogP contribution in [0.2, 0.25) is 0 Å². The minimum atomic E-state index is 0.404. The topological polar surface area (TPSA) is 32.3 Å². The van der Waals surface area contributed by atoms with Crippen molar-refractivity contribution in [1.82, 2.24) is 5.32 Å². The molecule has 92 valence electrons. The summed E-state index contributed by atoms with van der Waals surface area (Å²) in [4.78, 5) is 0. The molecule has 0 saturated heterocycles. The second-order valence-electron chi connectivity index (χ2n) is 6.35. The molecule has 3 aliphatic rings. The van der Waals surface area contributed by atoms with Crippen molar-refractivity contribution in [1.29, 1.82) is 0 Å². The largest absolute Gasteiger partial charge is 0.396 e.